The van der Waals surface area contributed by atoms with Crippen LogP contribution >= 0.6 is 11.3 Å². The second-order valence-electron chi connectivity index (χ2n) is 5.32. The van der Waals surface area contributed by atoms with Gasteiger partial charge in [0.1, 0.15) is 5.01 Å². The first-order valence-electron chi connectivity index (χ1n) is 7.54. The number of hydrogen-bond donors (Lipinski definition) is 1. The lowest BCUT2D eigenvalue weighted by molar-refractivity contribution is -0.121. The Morgan fingerprint density at radius 3 is 3.05 bits per heavy atom. The summed E-state index contributed by atoms with van der Waals surface area (Å²) in [6.45, 7) is 1.44. The molecule has 2 aromatic heterocycles. The molecule has 0 saturated carbocycles. The third-order valence-electron chi connectivity index (χ3n) is 3.64. The molecule has 3 heterocycles. The van der Waals surface area contributed by atoms with Crippen LogP contribution in [0.2, 0.25) is 0 Å². The summed E-state index contributed by atoms with van der Waals surface area (Å²) >= 11 is 1.60. The van der Waals surface area contributed by atoms with E-state index >= 15 is 0 Å². The summed E-state index contributed by atoms with van der Waals surface area (Å²) in [5, 5.41) is 5.92. The summed E-state index contributed by atoms with van der Waals surface area (Å²) in [6, 6.07) is 3.88. The van der Waals surface area contributed by atoms with E-state index < -0.39 is 0 Å². The molecule has 1 aliphatic rings. The monoisotopic (exact) mass is 317 g/mol. The summed E-state index contributed by atoms with van der Waals surface area (Å²) < 4.78 is 5.49. The van der Waals surface area contributed by atoms with Gasteiger partial charge in [-0.15, -0.1) is 11.3 Å². The first kappa shape index (κ1) is 15.1. The average molecular weight is 317 g/mol. The number of thiazole rings is 1. The predicted molar refractivity (Wildman–Crippen MR) is 85.6 cm³/mol. The van der Waals surface area contributed by atoms with Crippen molar-refractivity contribution >= 4 is 17.2 Å². The molecule has 0 radical (unpaired) electrons. The Morgan fingerprint density at radius 1 is 1.41 bits per heavy atom. The SMILES string of the molecule is O=C(CCc1csc(-c2ccncc2)n1)NCC1CCCO1. The normalized spacial score (nSPS) is 17.5. The fourth-order valence-corrected chi connectivity index (χ4v) is 3.27. The van der Waals surface area contributed by atoms with Crippen molar-refractivity contribution in [2.75, 3.05) is 13.2 Å². The Hall–Kier alpha value is -1.79. The van der Waals surface area contributed by atoms with Gasteiger partial charge >= 0.3 is 0 Å². The number of aryl methyl sites for hydroxylation is 1. The van der Waals surface area contributed by atoms with Crippen LogP contribution in [-0.4, -0.2) is 35.1 Å². The maximum absolute atomic E-state index is 11.9. The molecule has 1 amide bonds. The lowest BCUT2D eigenvalue weighted by atomic mass is 10.2. The zero-order chi connectivity index (χ0) is 15.2. The highest BCUT2D eigenvalue weighted by Crippen LogP contribution is 2.23. The molecule has 116 valence electrons. The largest absolute Gasteiger partial charge is 0.376 e. The molecule has 0 aromatic carbocycles. The van der Waals surface area contributed by atoms with Crippen LogP contribution in [0.15, 0.2) is 29.9 Å². The van der Waals surface area contributed by atoms with Gasteiger partial charge in [0.05, 0.1) is 11.8 Å². The lowest BCUT2D eigenvalue weighted by Crippen LogP contribution is -2.31. The quantitative estimate of drug-likeness (QED) is 0.889. The summed E-state index contributed by atoms with van der Waals surface area (Å²) in [5.41, 5.74) is 2.03. The van der Waals surface area contributed by atoms with Gasteiger partial charge in [0, 0.05) is 42.9 Å². The Labute approximate surface area is 133 Å². The molecule has 1 saturated heterocycles. The van der Waals surface area contributed by atoms with E-state index in [0.717, 1.165) is 35.7 Å². The first-order chi connectivity index (χ1) is 10.8. The van der Waals surface area contributed by atoms with Crippen molar-refractivity contribution in [2.45, 2.75) is 31.8 Å². The molecule has 1 N–H and O–H groups in total. The van der Waals surface area contributed by atoms with Crippen molar-refractivity contribution in [3.8, 4) is 10.6 Å². The van der Waals surface area contributed by atoms with Crippen molar-refractivity contribution in [3.05, 3.63) is 35.6 Å². The Kier molecular flexibility index (Phi) is 5.13. The topological polar surface area (TPSA) is 64.1 Å². The highest BCUT2D eigenvalue weighted by molar-refractivity contribution is 7.13. The number of nitrogens with one attached hydrogen (secondary N) is 1. The number of nitrogens with zero attached hydrogens (tertiary/aromatic N) is 2. The van der Waals surface area contributed by atoms with E-state index in [2.05, 4.69) is 15.3 Å². The maximum atomic E-state index is 11.9. The summed E-state index contributed by atoms with van der Waals surface area (Å²) in [4.78, 5) is 20.4. The van der Waals surface area contributed by atoms with E-state index in [4.69, 9.17) is 4.74 Å². The van der Waals surface area contributed by atoms with E-state index in [-0.39, 0.29) is 12.0 Å². The third-order valence-corrected chi connectivity index (χ3v) is 4.58. The standard InChI is InChI=1S/C16H19N3O2S/c20-15(18-10-14-2-1-9-21-14)4-3-13-11-22-16(19-13)12-5-7-17-8-6-12/h5-8,11,14H,1-4,9-10H2,(H,18,20). The van der Waals surface area contributed by atoms with Crippen LogP contribution < -0.4 is 5.32 Å². The second kappa shape index (κ2) is 7.47. The van der Waals surface area contributed by atoms with E-state index in [9.17, 15) is 4.79 Å². The van der Waals surface area contributed by atoms with Crippen LogP contribution in [0.25, 0.3) is 10.6 Å². The first-order valence-corrected chi connectivity index (χ1v) is 8.42. The van der Waals surface area contributed by atoms with Crippen molar-refractivity contribution in [3.63, 3.8) is 0 Å². The van der Waals surface area contributed by atoms with Crippen LogP contribution in [-0.2, 0) is 16.0 Å². The van der Waals surface area contributed by atoms with E-state index in [1.807, 2.05) is 17.5 Å². The van der Waals surface area contributed by atoms with E-state index in [0.29, 0.717) is 19.4 Å². The van der Waals surface area contributed by atoms with Crippen molar-refractivity contribution < 1.29 is 9.53 Å². The van der Waals surface area contributed by atoms with Crippen LogP contribution in [0.4, 0.5) is 0 Å². The predicted octanol–water partition coefficient (Wildman–Crippen LogP) is 2.43. The minimum atomic E-state index is 0.0639. The number of ether oxygens (including phenoxy) is 1. The van der Waals surface area contributed by atoms with Gasteiger partial charge in [-0.25, -0.2) is 4.98 Å². The van der Waals surface area contributed by atoms with Crippen LogP contribution in [0.1, 0.15) is 25.0 Å². The fraction of sp³-hybridized carbons (Fsp3) is 0.438. The highest BCUT2D eigenvalue weighted by Gasteiger charge is 2.16. The van der Waals surface area contributed by atoms with Gasteiger partial charge in [-0.3, -0.25) is 9.78 Å². The van der Waals surface area contributed by atoms with Crippen molar-refractivity contribution in [2.24, 2.45) is 0 Å². The third kappa shape index (κ3) is 4.11. The molecule has 0 aliphatic carbocycles. The molecule has 3 rings (SSSR count). The zero-order valence-electron chi connectivity index (χ0n) is 12.3. The van der Waals surface area contributed by atoms with Crippen LogP contribution in [0.3, 0.4) is 0 Å². The van der Waals surface area contributed by atoms with E-state index in [1.165, 1.54) is 0 Å². The minimum absolute atomic E-state index is 0.0639. The number of rotatable bonds is 6. The van der Waals surface area contributed by atoms with Gasteiger partial charge in [0.2, 0.25) is 5.91 Å². The molecule has 0 spiro atoms. The van der Waals surface area contributed by atoms with Gasteiger partial charge in [-0.2, -0.15) is 0 Å². The number of carbonyl (C=O) groups is 1. The molecule has 2 aromatic rings. The summed E-state index contributed by atoms with van der Waals surface area (Å²) in [5.74, 6) is 0.0639. The molecule has 6 heteroatoms. The second-order valence-corrected chi connectivity index (χ2v) is 6.18. The van der Waals surface area contributed by atoms with Crippen molar-refractivity contribution in [1.82, 2.24) is 15.3 Å². The molecule has 22 heavy (non-hydrogen) atoms. The van der Waals surface area contributed by atoms with Gasteiger partial charge in [-0.05, 0) is 31.4 Å². The lowest BCUT2D eigenvalue weighted by Gasteiger charge is -2.10. The molecule has 1 unspecified atom stereocenters. The molecular formula is C16H19N3O2S. The number of pyridine rings is 1. The zero-order valence-corrected chi connectivity index (χ0v) is 13.1. The summed E-state index contributed by atoms with van der Waals surface area (Å²) in [7, 11) is 0. The molecule has 1 fully saturated rings. The Morgan fingerprint density at radius 2 is 2.27 bits per heavy atom. The highest BCUT2D eigenvalue weighted by atomic mass is 32.1. The van der Waals surface area contributed by atoms with Crippen molar-refractivity contribution in [1.29, 1.82) is 0 Å². The van der Waals surface area contributed by atoms with Crippen LogP contribution in [0.5, 0.6) is 0 Å². The maximum Gasteiger partial charge on any atom is 0.220 e. The smallest absolute Gasteiger partial charge is 0.220 e. The van der Waals surface area contributed by atoms with Gasteiger partial charge in [-0.1, -0.05) is 0 Å². The Balaban J connectivity index is 1.45. The minimum Gasteiger partial charge on any atom is -0.376 e. The van der Waals surface area contributed by atoms with Gasteiger partial charge in [0.15, 0.2) is 0 Å². The van der Waals surface area contributed by atoms with Crippen LogP contribution in [0, 0.1) is 0 Å². The number of aromatic nitrogens is 2. The molecule has 1 atom stereocenters. The average Bonchev–Trinajstić information content (AvgIpc) is 3.23. The number of hydrogen-bond acceptors (Lipinski definition) is 5. The molecule has 0 bridgehead atoms. The van der Waals surface area contributed by atoms with E-state index in [1.54, 1.807) is 23.7 Å². The molecule has 1 aliphatic heterocycles. The Bertz CT molecular complexity index is 609. The summed E-state index contributed by atoms with van der Waals surface area (Å²) in [6.07, 6.45) is 6.98. The molecular weight excluding hydrogens is 298 g/mol. The molecule has 5 nitrogen and oxygen atoms in total. The number of carbonyl (C=O) groups excluding carboxylic acids is 1. The number of amides is 1. The van der Waals surface area contributed by atoms with Gasteiger partial charge in [0.25, 0.3) is 0 Å². The fourth-order valence-electron chi connectivity index (χ4n) is 2.41. The van der Waals surface area contributed by atoms with Gasteiger partial charge < -0.3 is 10.1 Å².